The van der Waals surface area contributed by atoms with E-state index in [1.807, 2.05) is 0 Å². The van der Waals surface area contributed by atoms with Crippen LogP contribution in [0, 0.1) is 11.8 Å². The molecule has 0 aromatic heterocycles. The minimum atomic E-state index is -0.0539. The molecular formula is C13H25NO2. The van der Waals surface area contributed by atoms with Crippen molar-refractivity contribution in [2.45, 2.75) is 52.1 Å². The van der Waals surface area contributed by atoms with E-state index in [1.54, 1.807) is 0 Å². The van der Waals surface area contributed by atoms with Crippen LogP contribution in [0.25, 0.3) is 0 Å². The fourth-order valence-corrected chi connectivity index (χ4v) is 3.02. The zero-order valence-corrected chi connectivity index (χ0v) is 11.2. The molecule has 1 heterocycles. The molecule has 0 amide bonds. The van der Waals surface area contributed by atoms with Crippen LogP contribution in [0.3, 0.4) is 0 Å². The number of rotatable bonds is 3. The molecule has 0 bridgehead atoms. The van der Waals surface area contributed by atoms with Gasteiger partial charge in [-0.3, -0.25) is 9.69 Å². The summed E-state index contributed by atoms with van der Waals surface area (Å²) in [4.78, 5) is 14.1. The zero-order valence-electron chi connectivity index (χ0n) is 11.2. The third kappa shape index (κ3) is 2.57. The van der Waals surface area contributed by atoms with Crippen molar-refractivity contribution in [3.63, 3.8) is 0 Å². The Bertz CT molecular complexity index is 242. The van der Waals surface area contributed by atoms with Crippen molar-refractivity contribution >= 4 is 5.97 Å². The van der Waals surface area contributed by atoms with Gasteiger partial charge in [0.05, 0.1) is 13.0 Å². The molecule has 0 saturated carbocycles. The van der Waals surface area contributed by atoms with Crippen LogP contribution < -0.4 is 0 Å². The number of esters is 1. The van der Waals surface area contributed by atoms with E-state index in [-0.39, 0.29) is 17.9 Å². The molecule has 1 rings (SSSR count). The lowest BCUT2D eigenvalue weighted by atomic mass is 9.77. The average molecular weight is 227 g/mol. The summed E-state index contributed by atoms with van der Waals surface area (Å²) < 4.78 is 4.91. The van der Waals surface area contributed by atoms with Crippen LogP contribution in [0.1, 0.15) is 40.0 Å². The van der Waals surface area contributed by atoms with Gasteiger partial charge >= 0.3 is 5.97 Å². The first-order valence-corrected chi connectivity index (χ1v) is 6.32. The molecule has 3 heteroatoms. The molecule has 2 unspecified atom stereocenters. The van der Waals surface area contributed by atoms with E-state index >= 15 is 0 Å². The van der Waals surface area contributed by atoms with Gasteiger partial charge in [-0.1, -0.05) is 20.3 Å². The molecule has 94 valence electrons. The molecule has 4 atom stereocenters. The van der Waals surface area contributed by atoms with E-state index in [1.165, 1.54) is 20.0 Å². The highest BCUT2D eigenvalue weighted by Crippen LogP contribution is 2.34. The maximum Gasteiger partial charge on any atom is 0.310 e. The van der Waals surface area contributed by atoms with Gasteiger partial charge in [0.15, 0.2) is 0 Å². The van der Waals surface area contributed by atoms with Gasteiger partial charge < -0.3 is 4.74 Å². The van der Waals surface area contributed by atoms with E-state index < -0.39 is 0 Å². The van der Waals surface area contributed by atoms with Crippen molar-refractivity contribution in [1.82, 2.24) is 4.90 Å². The molecule has 1 aliphatic rings. The summed E-state index contributed by atoms with van der Waals surface area (Å²) in [5, 5.41) is 0. The van der Waals surface area contributed by atoms with Gasteiger partial charge in [-0.15, -0.1) is 0 Å². The first kappa shape index (κ1) is 13.5. The summed E-state index contributed by atoms with van der Waals surface area (Å²) >= 11 is 0. The lowest BCUT2D eigenvalue weighted by Gasteiger charge is -2.45. The summed E-state index contributed by atoms with van der Waals surface area (Å²) in [5.41, 5.74) is 0. The maximum atomic E-state index is 11.7. The Morgan fingerprint density at radius 2 is 2.06 bits per heavy atom. The van der Waals surface area contributed by atoms with Crippen molar-refractivity contribution in [3.05, 3.63) is 0 Å². The highest BCUT2D eigenvalue weighted by Gasteiger charge is 2.40. The molecule has 1 saturated heterocycles. The Morgan fingerprint density at radius 3 is 2.56 bits per heavy atom. The minimum absolute atomic E-state index is 0.0307. The Morgan fingerprint density at radius 1 is 1.44 bits per heavy atom. The average Bonchev–Trinajstić information content (AvgIpc) is 2.25. The van der Waals surface area contributed by atoms with Gasteiger partial charge in [-0.25, -0.2) is 0 Å². The molecule has 1 fully saturated rings. The first-order chi connectivity index (χ1) is 7.52. The monoisotopic (exact) mass is 227 g/mol. The maximum absolute atomic E-state index is 11.7. The van der Waals surface area contributed by atoms with Crippen LogP contribution in [-0.4, -0.2) is 37.1 Å². The lowest BCUT2D eigenvalue weighted by molar-refractivity contribution is -0.153. The quantitative estimate of drug-likeness (QED) is 0.693. The number of carbonyl (C=O) groups excluding carboxylic acids is 1. The fourth-order valence-electron chi connectivity index (χ4n) is 3.02. The van der Waals surface area contributed by atoms with Crippen LogP contribution in [0.15, 0.2) is 0 Å². The van der Waals surface area contributed by atoms with Gasteiger partial charge in [0.2, 0.25) is 0 Å². The molecule has 16 heavy (non-hydrogen) atoms. The van der Waals surface area contributed by atoms with E-state index in [4.69, 9.17) is 4.74 Å². The number of carbonyl (C=O) groups is 1. The SMILES string of the molecule is CCC[C@@H]1C[C@H](C)C(C(=O)OC)C(C)N1C. The Hall–Kier alpha value is -0.570. The van der Waals surface area contributed by atoms with Crippen molar-refractivity contribution in [1.29, 1.82) is 0 Å². The van der Waals surface area contributed by atoms with Crippen LogP contribution in [0.5, 0.6) is 0 Å². The normalized spacial score (nSPS) is 36.1. The van der Waals surface area contributed by atoms with Gasteiger partial charge in [0.1, 0.15) is 0 Å². The number of nitrogens with zero attached hydrogens (tertiary/aromatic N) is 1. The summed E-state index contributed by atoms with van der Waals surface area (Å²) in [6, 6.07) is 0.906. The van der Waals surface area contributed by atoms with Crippen molar-refractivity contribution in [3.8, 4) is 0 Å². The van der Waals surface area contributed by atoms with Crippen molar-refractivity contribution in [2.24, 2.45) is 11.8 Å². The lowest BCUT2D eigenvalue weighted by Crippen LogP contribution is -2.53. The molecular weight excluding hydrogens is 202 g/mol. The number of hydrogen-bond donors (Lipinski definition) is 0. The Balaban J connectivity index is 2.75. The summed E-state index contributed by atoms with van der Waals surface area (Å²) in [6.07, 6.45) is 3.53. The molecule has 0 aromatic rings. The van der Waals surface area contributed by atoms with Gasteiger partial charge in [-0.05, 0) is 32.7 Å². The number of methoxy groups -OCH3 is 1. The number of ether oxygens (including phenoxy) is 1. The van der Waals surface area contributed by atoms with Gasteiger partial charge in [0.25, 0.3) is 0 Å². The first-order valence-electron chi connectivity index (χ1n) is 6.32. The molecule has 3 nitrogen and oxygen atoms in total. The van der Waals surface area contributed by atoms with Crippen molar-refractivity contribution in [2.75, 3.05) is 14.2 Å². The number of piperidine rings is 1. The zero-order chi connectivity index (χ0) is 12.3. The van der Waals surface area contributed by atoms with E-state index in [2.05, 4.69) is 32.7 Å². The topological polar surface area (TPSA) is 29.5 Å². The van der Waals surface area contributed by atoms with Crippen molar-refractivity contribution < 1.29 is 9.53 Å². The van der Waals surface area contributed by atoms with Crippen LogP contribution in [0.4, 0.5) is 0 Å². The molecule has 0 spiro atoms. The minimum Gasteiger partial charge on any atom is -0.469 e. The van der Waals surface area contributed by atoms with Gasteiger partial charge in [0, 0.05) is 12.1 Å². The molecule has 0 aliphatic carbocycles. The second kappa shape index (κ2) is 5.67. The Labute approximate surface area is 99.1 Å². The smallest absolute Gasteiger partial charge is 0.310 e. The molecule has 1 aliphatic heterocycles. The largest absolute Gasteiger partial charge is 0.469 e. The molecule has 0 N–H and O–H groups in total. The third-order valence-corrected chi connectivity index (χ3v) is 4.09. The predicted molar refractivity (Wildman–Crippen MR) is 65.2 cm³/mol. The third-order valence-electron chi connectivity index (χ3n) is 4.09. The number of likely N-dealkylation sites (tertiary alicyclic amines) is 1. The van der Waals surface area contributed by atoms with Crippen LogP contribution >= 0.6 is 0 Å². The highest BCUT2D eigenvalue weighted by atomic mass is 16.5. The van der Waals surface area contributed by atoms with Crippen LogP contribution in [-0.2, 0) is 9.53 Å². The van der Waals surface area contributed by atoms with Gasteiger partial charge in [-0.2, -0.15) is 0 Å². The van der Waals surface area contributed by atoms with E-state index in [9.17, 15) is 4.79 Å². The predicted octanol–water partition coefficient (Wildman–Crippen LogP) is 2.30. The number of hydrogen-bond acceptors (Lipinski definition) is 3. The second-order valence-electron chi connectivity index (χ2n) is 5.11. The van der Waals surface area contributed by atoms with E-state index in [0.29, 0.717) is 12.0 Å². The van der Waals surface area contributed by atoms with Crippen LogP contribution in [0.2, 0.25) is 0 Å². The summed E-state index contributed by atoms with van der Waals surface area (Å²) in [7, 11) is 3.62. The standard InChI is InChI=1S/C13H25NO2/c1-6-7-11-8-9(2)12(13(15)16-5)10(3)14(11)4/h9-12H,6-8H2,1-5H3/t9-,10?,11+,12?/m0/s1. The Kier molecular flexibility index (Phi) is 4.78. The second-order valence-corrected chi connectivity index (χ2v) is 5.11. The molecule has 0 radical (unpaired) electrons. The summed E-state index contributed by atoms with van der Waals surface area (Å²) in [6.45, 7) is 6.53. The summed E-state index contributed by atoms with van der Waals surface area (Å²) in [5.74, 6) is 0.403. The fraction of sp³-hybridized carbons (Fsp3) is 0.923. The highest BCUT2D eigenvalue weighted by molar-refractivity contribution is 5.73. The van der Waals surface area contributed by atoms with E-state index in [0.717, 1.165) is 6.42 Å². The molecule has 0 aromatic carbocycles.